The summed E-state index contributed by atoms with van der Waals surface area (Å²) in [5.41, 5.74) is 3.65. The van der Waals surface area contributed by atoms with E-state index in [1.54, 1.807) is 54.6 Å². The molecule has 2 aromatic rings. The van der Waals surface area contributed by atoms with E-state index in [4.69, 9.17) is 28.6 Å². The number of hydrogen-bond acceptors (Lipinski definition) is 5. The van der Waals surface area contributed by atoms with E-state index in [2.05, 4.69) is 5.43 Å². The lowest BCUT2D eigenvalue weighted by Gasteiger charge is -2.15. The minimum Gasteiger partial charge on any atom is -0.493 e. The molecule has 2 aromatic carbocycles. The number of nitrogens with one attached hydrogen (secondary N) is 1. The first-order valence-corrected chi connectivity index (χ1v) is 9.66. The molecule has 1 aliphatic heterocycles. The van der Waals surface area contributed by atoms with Gasteiger partial charge in [0.05, 0.1) is 11.5 Å². The summed E-state index contributed by atoms with van der Waals surface area (Å²) in [7, 11) is 0. The third kappa shape index (κ3) is 4.50. The van der Waals surface area contributed by atoms with E-state index in [1.807, 2.05) is 6.92 Å². The van der Waals surface area contributed by atoms with Gasteiger partial charge in [-0.05, 0) is 55.5 Å². The van der Waals surface area contributed by atoms with Gasteiger partial charge in [-0.15, -0.1) is 0 Å². The van der Waals surface area contributed by atoms with E-state index in [-0.39, 0.29) is 4.32 Å². The van der Waals surface area contributed by atoms with Crippen molar-refractivity contribution in [2.24, 2.45) is 0 Å². The molecule has 27 heavy (non-hydrogen) atoms. The highest BCUT2D eigenvalue weighted by Crippen LogP contribution is 2.34. The van der Waals surface area contributed by atoms with Gasteiger partial charge in [-0.25, -0.2) is 0 Å². The monoisotopic (exact) mass is 418 g/mol. The van der Waals surface area contributed by atoms with Crippen molar-refractivity contribution < 1.29 is 14.3 Å². The SMILES string of the molecule is CCOc1ccc(Cl)cc1C=C1SC(=S)N(NC(=O)c2ccccc2)C1=O. The zero-order chi connectivity index (χ0) is 19.4. The lowest BCUT2D eigenvalue weighted by Crippen LogP contribution is -2.44. The van der Waals surface area contributed by atoms with E-state index in [0.29, 0.717) is 33.4 Å². The average molecular weight is 419 g/mol. The minimum atomic E-state index is -0.411. The lowest BCUT2D eigenvalue weighted by atomic mass is 10.2. The first-order valence-electron chi connectivity index (χ1n) is 8.06. The second-order valence-electron chi connectivity index (χ2n) is 5.44. The van der Waals surface area contributed by atoms with Gasteiger partial charge in [0.1, 0.15) is 5.75 Å². The van der Waals surface area contributed by atoms with Crippen molar-refractivity contribution in [2.75, 3.05) is 6.61 Å². The number of carbonyl (C=O) groups is 2. The van der Waals surface area contributed by atoms with E-state index in [0.717, 1.165) is 16.8 Å². The molecule has 1 N–H and O–H groups in total. The Kier molecular flexibility index (Phi) is 6.15. The quantitative estimate of drug-likeness (QED) is 0.580. The molecule has 1 fully saturated rings. The first kappa shape index (κ1) is 19.4. The summed E-state index contributed by atoms with van der Waals surface area (Å²) >= 11 is 12.4. The van der Waals surface area contributed by atoms with E-state index >= 15 is 0 Å². The van der Waals surface area contributed by atoms with Crippen LogP contribution < -0.4 is 10.2 Å². The fraction of sp³-hybridized carbons (Fsp3) is 0.105. The number of rotatable bonds is 5. The number of hydrogen-bond donors (Lipinski definition) is 1. The van der Waals surface area contributed by atoms with Crippen molar-refractivity contribution in [3.05, 3.63) is 69.6 Å². The molecule has 0 saturated carbocycles. The van der Waals surface area contributed by atoms with Crippen molar-refractivity contribution >= 4 is 57.8 Å². The van der Waals surface area contributed by atoms with Crippen LogP contribution in [-0.4, -0.2) is 27.8 Å². The van der Waals surface area contributed by atoms with Crippen molar-refractivity contribution in [1.82, 2.24) is 10.4 Å². The van der Waals surface area contributed by atoms with Crippen molar-refractivity contribution in [1.29, 1.82) is 0 Å². The Balaban J connectivity index is 1.83. The Morgan fingerprint density at radius 2 is 2.04 bits per heavy atom. The van der Waals surface area contributed by atoms with Crippen LogP contribution in [0.15, 0.2) is 53.4 Å². The van der Waals surface area contributed by atoms with E-state index < -0.39 is 11.8 Å². The third-order valence-corrected chi connectivity index (χ3v) is 5.14. The number of amides is 2. The summed E-state index contributed by atoms with van der Waals surface area (Å²) in [6.07, 6.45) is 1.66. The van der Waals surface area contributed by atoms with Crippen LogP contribution in [0.5, 0.6) is 5.75 Å². The minimum absolute atomic E-state index is 0.246. The molecule has 0 bridgehead atoms. The van der Waals surface area contributed by atoms with Crippen molar-refractivity contribution in [2.45, 2.75) is 6.92 Å². The zero-order valence-electron chi connectivity index (χ0n) is 14.3. The summed E-state index contributed by atoms with van der Waals surface area (Å²) < 4.78 is 5.82. The molecule has 0 atom stereocenters. The van der Waals surface area contributed by atoms with Gasteiger partial charge < -0.3 is 4.74 Å². The van der Waals surface area contributed by atoms with Crippen molar-refractivity contribution in [3.8, 4) is 5.75 Å². The molecule has 0 aromatic heterocycles. The van der Waals surface area contributed by atoms with Gasteiger partial charge in [0.25, 0.3) is 11.8 Å². The number of thiocarbonyl (C=S) groups is 1. The fourth-order valence-corrected chi connectivity index (χ4v) is 3.73. The lowest BCUT2D eigenvalue weighted by molar-refractivity contribution is -0.123. The molecular formula is C19H15ClN2O3S2. The Labute approximate surface area is 171 Å². The first-order chi connectivity index (χ1) is 13.0. The normalized spacial score (nSPS) is 15.3. The van der Waals surface area contributed by atoms with Crippen LogP contribution in [0.25, 0.3) is 6.08 Å². The van der Waals surface area contributed by atoms with Crippen LogP contribution >= 0.6 is 35.6 Å². The molecule has 1 saturated heterocycles. The van der Waals surface area contributed by atoms with Gasteiger partial charge in [0, 0.05) is 16.1 Å². The Bertz CT molecular complexity index is 932. The second-order valence-corrected chi connectivity index (χ2v) is 7.55. The highest BCUT2D eigenvalue weighted by Gasteiger charge is 2.34. The largest absolute Gasteiger partial charge is 0.493 e. The number of hydrazine groups is 1. The van der Waals surface area contributed by atoms with Gasteiger partial charge >= 0.3 is 0 Å². The highest BCUT2D eigenvalue weighted by molar-refractivity contribution is 8.26. The highest BCUT2D eigenvalue weighted by atomic mass is 35.5. The maximum atomic E-state index is 12.7. The van der Waals surface area contributed by atoms with E-state index in [9.17, 15) is 9.59 Å². The van der Waals surface area contributed by atoms with Crippen molar-refractivity contribution in [3.63, 3.8) is 0 Å². The summed E-state index contributed by atoms with van der Waals surface area (Å²) in [6, 6.07) is 13.8. The Morgan fingerprint density at radius 1 is 1.30 bits per heavy atom. The number of carbonyl (C=O) groups excluding carboxylic acids is 2. The molecule has 1 heterocycles. The van der Waals surface area contributed by atoms with Crippen LogP contribution in [0.2, 0.25) is 5.02 Å². The van der Waals surface area contributed by atoms with Gasteiger partial charge in [-0.3, -0.25) is 15.0 Å². The zero-order valence-corrected chi connectivity index (χ0v) is 16.7. The van der Waals surface area contributed by atoms with Crippen LogP contribution in [0.4, 0.5) is 0 Å². The van der Waals surface area contributed by atoms with Crippen LogP contribution in [0.1, 0.15) is 22.8 Å². The summed E-state index contributed by atoms with van der Waals surface area (Å²) in [5.74, 6) is -0.205. The van der Waals surface area contributed by atoms with Crippen LogP contribution in [0, 0.1) is 0 Å². The maximum absolute atomic E-state index is 12.7. The fourth-order valence-electron chi connectivity index (χ4n) is 2.38. The van der Waals surface area contributed by atoms with Gasteiger partial charge in [0.15, 0.2) is 4.32 Å². The second kappa shape index (κ2) is 8.56. The summed E-state index contributed by atoms with van der Waals surface area (Å²) in [5, 5.41) is 1.60. The molecule has 5 nitrogen and oxygen atoms in total. The molecule has 138 valence electrons. The molecule has 2 amide bonds. The summed E-state index contributed by atoms with van der Waals surface area (Å²) in [6.45, 7) is 2.35. The molecule has 3 rings (SSSR count). The topological polar surface area (TPSA) is 58.6 Å². The number of benzene rings is 2. The van der Waals surface area contributed by atoms with Crippen LogP contribution in [-0.2, 0) is 4.79 Å². The number of nitrogens with zero attached hydrogens (tertiary/aromatic N) is 1. The van der Waals surface area contributed by atoms with Gasteiger partial charge in [0.2, 0.25) is 0 Å². The average Bonchev–Trinajstić information content (AvgIpc) is 2.92. The Hall–Kier alpha value is -2.35. The molecule has 0 radical (unpaired) electrons. The molecule has 0 spiro atoms. The Morgan fingerprint density at radius 3 is 2.74 bits per heavy atom. The third-order valence-electron chi connectivity index (χ3n) is 3.60. The maximum Gasteiger partial charge on any atom is 0.285 e. The van der Waals surface area contributed by atoms with Crippen LogP contribution in [0.3, 0.4) is 0 Å². The number of thioether (sulfide) groups is 1. The number of ether oxygens (including phenoxy) is 1. The molecule has 0 unspecified atom stereocenters. The molecule has 0 aliphatic carbocycles. The predicted molar refractivity (Wildman–Crippen MR) is 112 cm³/mol. The predicted octanol–water partition coefficient (Wildman–Crippen LogP) is 4.28. The molecule has 8 heteroatoms. The van der Waals surface area contributed by atoms with E-state index in [1.165, 1.54) is 0 Å². The standard InChI is InChI=1S/C19H15ClN2O3S2/c1-2-25-15-9-8-14(20)10-13(15)11-16-18(24)22(19(26)27-16)21-17(23)12-6-4-3-5-7-12/h3-11H,2H2,1H3,(H,21,23). The molecular weight excluding hydrogens is 404 g/mol. The van der Waals surface area contributed by atoms with Gasteiger partial charge in [-0.1, -0.05) is 41.6 Å². The van der Waals surface area contributed by atoms with Gasteiger partial charge in [-0.2, -0.15) is 5.01 Å². The smallest absolute Gasteiger partial charge is 0.285 e. The number of halogens is 1. The summed E-state index contributed by atoms with van der Waals surface area (Å²) in [4.78, 5) is 25.4. The molecule has 1 aliphatic rings.